The molecule has 124 valence electrons. The molecule has 3 nitrogen and oxygen atoms in total. The average molecular weight is 351 g/mol. The molecule has 0 saturated heterocycles. The van der Waals surface area contributed by atoms with Crippen LogP contribution >= 0.6 is 11.6 Å². The van der Waals surface area contributed by atoms with Crippen LogP contribution in [0.1, 0.15) is 11.1 Å². The van der Waals surface area contributed by atoms with Gasteiger partial charge in [0.05, 0.1) is 0 Å². The van der Waals surface area contributed by atoms with Crippen LogP contribution in [0, 0.1) is 0 Å². The summed E-state index contributed by atoms with van der Waals surface area (Å²) in [5.41, 5.74) is 2.38. The molecule has 2 N–H and O–H groups in total. The van der Waals surface area contributed by atoms with E-state index >= 15 is 0 Å². The van der Waals surface area contributed by atoms with E-state index in [2.05, 4.69) is 17.4 Å². The molecule has 0 atom stereocenters. The third-order valence-corrected chi connectivity index (χ3v) is 4.77. The fourth-order valence-electron chi connectivity index (χ4n) is 3.23. The summed E-state index contributed by atoms with van der Waals surface area (Å²) >= 11 is 6.22. The standard InChI is InChI=1S/C21H16ClNO2/c22-18-8-4-2-6-15(18)12-23-13-16-11-20(24)25-19-10-9-14-5-1-3-7-17(14)21(16)19/h1-11,23H,12-13H2/p+1. The van der Waals surface area contributed by atoms with Crippen LogP contribution in [0.25, 0.3) is 21.7 Å². The van der Waals surface area contributed by atoms with Gasteiger partial charge in [-0.15, -0.1) is 0 Å². The summed E-state index contributed by atoms with van der Waals surface area (Å²) in [5.74, 6) is 0. The Morgan fingerprint density at radius 1 is 0.880 bits per heavy atom. The molecular formula is C21H17ClNO2+. The van der Waals surface area contributed by atoms with Crippen molar-refractivity contribution in [3.05, 3.63) is 93.3 Å². The van der Waals surface area contributed by atoms with Gasteiger partial charge in [0.2, 0.25) is 0 Å². The molecule has 4 heteroatoms. The van der Waals surface area contributed by atoms with Crippen LogP contribution in [0.4, 0.5) is 0 Å². The van der Waals surface area contributed by atoms with Gasteiger partial charge in [0, 0.05) is 27.6 Å². The average Bonchev–Trinajstić information content (AvgIpc) is 2.62. The van der Waals surface area contributed by atoms with E-state index in [4.69, 9.17) is 16.0 Å². The first kappa shape index (κ1) is 15.9. The van der Waals surface area contributed by atoms with Crippen molar-refractivity contribution in [1.82, 2.24) is 0 Å². The molecule has 25 heavy (non-hydrogen) atoms. The van der Waals surface area contributed by atoms with Gasteiger partial charge in [-0.3, -0.25) is 0 Å². The molecule has 0 aliphatic heterocycles. The molecule has 0 unspecified atom stereocenters. The smallest absolute Gasteiger partial charge is 0.336 e. The van der Waals surface area contributed by atoms with Gasteiger partial charge in [0.15, 0.2) is 0 Å². The number of rotatable bonds is 4. The third-order valence-electron chi connectivity index (χ3n) is 4.40. The topological polar surface area (TPSA) is 46.8 Å². The molecule has 0 amide bonds. The second-order valence-electron chi connectivity index (χ2n) is 6.04. The largest absolute Gasteiger partial charge is 0.423 e. The van der Waals surface area contributed by atoms with E-state index in [1.807, 2.05) is 48.5 Å². The fraction of sp³-hybridized carbons (Fsp3) is 0.0952. The van der Waals surface area contributed by atoms with Crippen LogP contribution in [0.15, 0.2) is 75.9 Å². The van der Waals surface area contributed by atoms with Gasteiger partial charge in [-0.05, 0) is 22.9 Å². The first-order chi connectivity index (χ1) is 12.2. The van der Waals surface area contributed by atoms with E-state index in [0.29, 0.717) is 12.1 Å². The molecule has 1 heterocycles. The summed E-state index contributed by atoms with van der Waals surface area (Å²) < 4.78 is 5.40. The van der Waals surface area contributed by atoms with Crippen LogP contribution in [-0.4, -0.2) is 0 Å². The first-order valence-electron chi connectivity index (χ1n) is 8.22. The Labute approximate surface area is 149 Å². The SMILES string of the molecule is O=c1cc(C[NH2+]Cc2ccccc2Cl)c2c(ccc3ccccc32)o1. The summed E-state index contributed by atoms with van der Waals surface area (Å²) in [6.45, 7) is 1.44. The van der Waals surface area contributed by atoms with Gasteiger partial charge in [-0.25, -0.2) is 4.79 Å². The Balaban J connectivity index is 1.72. The number of hydrogen-bond acceptors (Lipinski definition) is 2. The Kier molecular flexibility index (Phi) is 4.26. The molecular weight excluding hydrogens is 334 g/mol. The van der Waals surface area contributed by atoms with Gasteiger partial charge in [0.1, 0.15) is 18.7 Å². The van der Waals surface area contributed by atoms with Crippen LogP contribution in [-0.2, 0) is 13.1 Å². The van der Waals surface area contributed by atoms with Crippen molar-refractivity contribution in [2.45, 2.75) is 13.1 Å². The van der Waals surface area contributed by atoms with Gasteiger partial charge in [0.25, 0.3) is 0 Å². The molecule has 0 saturated carbocycles. The fourth-order valence-corrected chi connectivity index (χ4v) is 3.44. The number of quaternary nitrogens is 1. The van der Waals surface area contributed by atoms with E-state index < -0.39 is 0 Å². The van der Waals surface area contributed by atoms with E-state index in [-0.39, 0.29) is 5.63 Å². The van der Waals surface area contributed by atoms with Crippen molar-refractivity contribution in [1.29, 1.82) is 0 Å². The zero-order chi connectivity index (χ0) is 17.2. The maximum atomic E-state index is 11.9. The van der Waals surface area contributed by atoms with Gasteiger partial charge < -0.3 is 9.73 Å². The Hall–Kier alpha value is -2.62. The molecule has 0 fully saturated rings. The normalized spacial score (nSPS) is 11.2. The molecule has 4 aromatic rings. The number of halogens is 1. The molecule has 0 radical (unpaired) electrons. The minimum atomic E-state index is -0.316. The van der Waals surface area contributed by atoms with E-state index in [0.717, 1.165) is 38.9 Å². The third kappa shape index (κ3) is 3.16. The van der Waals surface area contributed by atoms with Crippen molar-refractivity contribution in [2.75, 3.05) is 0 Å². The predicted octanol–water partition coefficient (Wildman–Crippen LogP) is 3.86. The minimum absolute atomic E-state index is 0.316. The van der Waals surface area contributed by atoms with Crippen LogP contribution in [0.5, 0.6) is 0 Å². The van der Waals surface area contributed by atoms with Crippen LogP contribution in [0.2, 0.25) is 5.02 Å². The monoisotopic (exact) mass is 350 g/mol. The summed E-state index contributed by atoms with van der Waals surface area (Å²) in [4.78, 5) is 11.9. The highest BCUT2D eigenvalue weighted by Crippen LogP contribution is 2.26. The highest BCUT2D eigenvalue weighted by molar-refractivity contribution is 6.31. The molecule has 4 rings (SSSR count). The Morgan fingerprint density at radius 3 is 2.52 bits per heavy atom. The van der Waals surface area contributed by atoms with Crippen molar-refractivity contribution in [3.8, 4) is 0 Å². The van der Waals surface area contributed by atoms with Crippen molar-refractivity contribution >= 4 is 33.3 Å². The maximum absolute atomic E-state index is 11.9. The van der Waals surface area contributed by atoms with Crippen molar-refractivity contribution < 1.29 is 9.73 Å². The lowest BCUT2D eigenvalue weighted by molar-refractivity contribution is -0.686. The Bertz CT molecular complexity index is 1120. The quantitative estimate of drug-likeness (QED) is 0.448. The summed E-state index contributed by atoms with van der Waals surface area (Å²) in [6, 6.07) is 21.4. The molecule has 3 aromatic carbocycles. The highest BCUT2D eigenvalue weighted by atomic mass is 35.5. The molecule has 1 aromatic heterocycles. The van der Waals surface area contributed by atoms with E-state index in [1.54, 1.807) is 6.07 Å². The summed E-state index contributed by atoms with van der Waals surface area (Å²) in [6.07, 6.45) is 0. The summed E-state index contributed by atoms with van der Waals surface area (Å²) in [5, 5.41) is 6.16. The second-order valence-corrected chi connectivity index (χ2v) is 6.45. The van der Waals surface area contributed by atoms with Gasteiger partial charge in [-0.2, -0.15) is 0 Å². The van der Waals surface area contributed by atoms with Crippen LogP contribution in [0.3, 0.4) is 0 Å². The lowest BCUT2D eigenvalue weighted by Crippen LogP contribution is -2.80. The van der Waals surface area contributed by atoms with Gasteiger partial charge in [-0.1, -0.05) is 60.1 Å². The number of fused-ring (bicyclic) bond motifs is 3. The first-order valence-corrected chi connectivity index (χ1v) is 8.60. The number of benzene rings is 3. The Morgan fingerprint density at radius 2 is 1.64 bits per heavy atom. The lowest BCUT2D eigenvalue weighted by Gasteiger charge is -2.09. The minimum Gasteiger partial charge on any atom is -0.423 e. The lowest BCUT2D eigenvalue weighted by atomic mass is 10.0. The van der Waals surface area contributed by atoms with Crippen LogP contribution < -0.4 is 10.9 Å². The predicted molar refractivity (Wildman–Crippen MR) is 101 cm³/mol. The molecule has 0 aliphatic carbocycles. The van der Waals surface area contributed by atoms with Gasteiger partial charge >= 0.3 is 5.63 Å². The van der Waals surface area contributed by atoms with E-state index in [1.165, 1.54) is 0 Å². The van der Waals surface area contributed by atoms with Crippen molar-refractivity contribution in [3.63, 3.8) is 0 Å². The number of hydrogen-bond donors (Lipinski definition) is 1. The molecule has 0 bridgehead atoms. The number of nitrogens with two attached hydrogens (primary N) is 1. The summed E-state index contributed by atoms with van der Waals surface area (Å²) in [7, 11) is 0. The molecule has 0 spiro atoms. The zero-order valence-corrected chi connectivity index (χ0v) is 14.3. The maximum Gasteiger partial charge on any atom is 0.336 e. The van der Waals surface area contributed by atoms with Crippen molar-refractivity contribution in [2.24, 2.45) is 0 Å². The zero-order valence-electron chi connectivity index (χ0n) is 13.5. The van der Waals surface area contributed by atoms with E-state index in [9.17, 15) is 4.79 Å². The molecule has 0 aliphatic rings. The second kappa shape index (κ2) is 6.71. The highest BCUT2D eigenvalue weighted by Gasteiger charge is 2.11.